The van der Waals surface area contributed by atoms with Gasteiger partial charge < -0.3 is 5.11 Å². The summed E-state index contributed by atoms with van der Waals surface area (Å²) >= 11 is 0. The number of hydrogen-bond acceptors (Lipinski definition) is 3. The lowest BCUT2D eigenvalue weighted by molar-refractivity contribution is 0.0858. The third-order valence-electron chi connectivity index (χ3n) is 4.06. The molecule has 2 atom stereocenters. The average Bonchev–Trinajstić information content (AvgIpc) is 2.46. The van der Waals surface area contributed by atoms with Crippen LogP contribution in [0.15, 0.2) is 42.6 Å². The monoisotopic (exact) mass is 267 g/mol. The number of benzene rings is 1. The molecule has 1 aromatic carbocycles. The average molecular weight is 267 g/mol. The summed E-state index contributed by atoms with van der Waals surface area (Å²) in [4.78, 5) is 16.8. The summed E-state index contributed by atoms with van der Waals surface area (Å²) in [6, 6.07) is 11.6. The molecule has 2 unspecified atom stereocenters. The standard InChI is InChI=1S/C17H17NO2/c1-11-7-16-15(9-13(19)10-18-16)17(20)14(11)8-12-5-3-2-4-6-12/h2-6,9-11,14,19H,7-8H2,1H3. The van der Waals surface area contributed by atoms with Crippen LogP contribution in [-0.4, -0.2) is 15.9 Å². The molecule has 1 N–H and O–H groups in total. The predicted molar refractivity (Wildman–Crippen MR) is 76.7 cm³/mol. The number of aromatic hydroxyl groups is 1. The van der Waals surface area contributed by atoms with E-state index in [0.29, 0.717) is 5.56 Å². The molecule has 1 aliphatic carbocycles. The summed E-state index contributed by atoms with van der Waals surface area (Å²) in [5.41, 5.74) is 2.57. The van der Waals surface area contributed by atoms with Gasteiger partial charge in [-0.1, -0.05) is 37.3 Å². The van der Waals surface area contributed by atoms with E-state index in [0.717, 1.165) is 18.5 Å². The largest absolute Gasteiger partial charge is 0.506 e. The van der Waals surface area contributed by atoms with Gasteiger partial charge in [-0.2, -0.15) is 0 Å². The number of rotatable bonds is 2. The van der Waals surface area contributed by atoms with Crippen molar-refractivity contribution in [2.45, 2.75) is 19.8 Å². The van der Waals surface area contributed by atoms with Gasteiger partial charge in [0.15, 0.2) is 5.78 Å². The highest BCUT2D eigenvalue weighted by Gasteiger charge is 2.33. The minimum atomic E-state index is -0.0338. The number of pyridine rings is 1. The Morgan fingerprint density at radius 2 is 2.05 bits per heavy atom. The molecule has 3 heteroatoms. The van der Waals surface area contributed by atoms with E-state index >= 15 is 0 Å². The minimum Gasteiger partial charge on any atom is -0.506 e. The Bertz CT molecular complexity index is 637. The third kappa shape index (κ3) is 2.31. The molecule has 3 nitrogen and oxygen atoms in total. The Morgan fingerprint density at radius 1 is 1.30 bits per heavy atom. The van der Waals surface area contributed by atoms with Crippen molar-refractivity contribution in [3.63, 3.8) is 0 Å². The quantitative estimate of drug-likeness (QED) is 0.910. The molecular weight excluding hydrogens is 250 g/mol. The first kappa shape index (κ1) is 12.9. The number of Topliss-reactive ketones (excluding diaryl/α,β-unsaturated/α-hetero) is 1. The van der Waals surface area contributed by atoms with Gasteiger partial charge in [-0.3, -0.25) is 9.78 Å². The van der Waals surface area contributed by atoms with Gasteiger partial charge in [-0.15, -0.1) is 0 Å². The second-order valence-electron chi connectivity index (χ2n) is 5.53. The van der Waals surface area contributed by atoms with Crippen LogP contribution >= 0.6 is 0 Å². The van der Waals surface area contributed by atoms with Crippen LogP contribution in [0.25, 0.3) is 0 Å². The molecule has 0 bridgehead atoms. The summed E-state index contributed by atoms with van der Waals surface area (Å²) in [5.74, 6) is 0.400. The summed E-state index contributed by atoms with van der Waals surface area (Å²) in [7, 11) is 0. The molecule has 0 saturated heterocycles. The molecular formula is C17H17NO2. The van der Waals surface area contributed by atoms with Crippen LogP contribution in [0.4, 0.5) is 0 Å². The summed E-state index contributed by atoms with van der Waals surface area (Å²) in [5, 5.41) is 9.53. The van der Waals surface area contributed by atoms with E-state index in [9.17, 15) is 9.90 Å². The zero-order chi connectivity index (χ0) is 14.1. The first-order valence-corrected chi connectivity index (χ1v) is 6.91. The van der Waals surface area contributed by atoms with Crippen molar-refractivity contribution in [1.29, 1.82) is 0 Å². The van der Waals surface area contributed by atoms with E-state index in [-0.39, 0.29) is 23.4 Å². The van der Waals surface area contributed by atoms with E-state index in [4.69, 9.17) is 0 Å². The van der Waals surface area contributed by atoms with Gasteiger partial charge in [-0.05, 0) is 30.4 Å². The first-order valence-electron chi connectivity index (χ1n) is 6.91. The Kier molecular flexibility index (Phi) is 3.26. The Labute approximate surface area is 118 Å². The van der Waals surface area contributed by atoms with Crippen LogP contribution in [0.1, 0.15) is 28.5 Å². The van der Waals surface area contributed by atoms with Crippen molar-refractivity contribution < 1.29 is 9.90 Å². The lowest BCUT2D eigenvalue weighted by Crippen LogP contribution is -2.32. The number of fused-ring (bicyclic) bond motifs is 1. The van der Waals surface area contributed by atoms with E-state index < -0.39 is 0 Å². The van der Waals surface area contributed by atoms with Gasteiger partial charge >= 0.3 is 0 Å². The van der Waals surface area contributed by atoms with Crippen molar-refractivity contribution in [3.05, 3.63) is 59.4 Å². The van der Waals surface area contributed by atoms with Gasteiger partial charge in [0.1, 0.15) is 5.75 Å². The second-order valence-corrected chi connectivity index (χ2v) is 5.53. The lowest BCUT2D eigenvalue weighted by Gasteiger charge is -2.28. The van der Waals surface area contributed by atoms with Gasteiger partial charge in [0, 0.05) is 11.5 Å². The Balaban J connectivity index is 1.91. The summed E-state index contributed by atoms with van der Waals surface area (Å²) in [6.07, 6.45) is 2.95. The predicted octanol–water partition coefficient (Wildman–Crippen LogP) is 3.02. The smallest absolute Gasteiger partial charge is 0.168 e. The van der Waals surface area contributed by atoms with Crippen LogP contribution in [0.2, 0.25) is 0 Å². The molecule has 1 heterocycles. The van der Waals surface area contributed by atoms with E-state index in [2.05, 4.69) is 24.0 Å². The number of nitrogens with zero attached hydrogens (tertiary/aromatic N) is 1. The maximum absolute atomic E-state index is 12.6. The Hall–Kier alpha value is -2.16. The number of carbonyl (C=O) groups excluding carboxylic acids is 1. The van der Waals surface area contributed by atoms with E-state index in [1.54, 1.807) is 6.07 Å². The molecule has 0 fully saturated rings. The molecule has 0 radical (unpaired) electrons. The number of aromatic nitrogens is 1. The highest BCUT2D eigenvalue weighted by Crippen LogP contribution is 2.32. The first-order chi connectivity index (χ1) is 9.65. The van der Waals surface area contributed by atoms with Crippen molar-refractivity contribution in [1.82, 2.24) is 4.98 Å². The fourth-order valence-electron chi connectivity index (χ4n) is 2.93. The SMILES string of the molecule is CC1Cc2ncc(O)cc2C(=O)C1Cc1ccccc1. The maximum atomic E-state index is 12.6. The van der Waals surface area contributed by atoms with Gasteiger partial charge in [-0.25, -0.2) is 0 Å². The van der Waals surface area contributed by atoms with Gasteiger partial charge in [0.25, 0.3) is 0 Å². The maximum Gasteiger partial charge on any atom is 0.168 e. The van der Waals surface area contributed by atoms with Crippen LogP contribution in [0, 0.1) is 11.8 Å². The second kappa shape index (κ2) is 5.08. The molecule has 3 rings (SSSR count). The minimum absolute atomic E-state index is 0.0338. The molecule has 1 aromatic heterocycles. The van der Waals surface area contributed by atoms with Crippen molar-refractivity contribution >= 4 is 5.78 Å². The normalized spacial score (nSPS) is 21.6. The zero-order valence-electron chi connectivity index (χ0n) is 11.4. The van der Waals surface area contributed by atoms with Crippen LogP contribution < -0.4 is 0 Å². The number of ketones is 1. The molecule has 0 saturated carbocycles. The van der Waals surface area contributed by atoms with Crippen molar-refractivity contribution in [3.8, 4) is 5.75 Å². The molecule has 0 aliphatic heterocycles. The number of carbonyl (C=O) groups is 1. The number of hydrogen-bond donors (Lipinski definition) is 1. The molecule has 20 heavy (non-hydrogen) atoms. The highest BCUT2D eigenvalue weighted by molar-refractivity contribution is 6.00. The lowest BCUT2D eigenvalue weighted by atomic mass is 9.75. The van der Waals surface area contributed by atoms with Crippen LogP contribution in [0.5, 0.6) is 5.75 Å². The van der Waals surface area contributed by atoms with Gasteiger partial charge in [0.05, 0.1) is 11.9 Å². The van der Waals surface area contributed by atoms with Crippen molar-refractivity contribution in [2.24, 2.45) is 11.8 Å². The summed E-state index contributed by atoms with van der Waals surface area (Å²) in [6.45, 7) is 2.10. The molecule has 1 aliphatic rings. The fourth-order valence-corrected chi connectivity index (χ4v) is 2.93. The Morgan fingerprint density at radius 3 is 2.80 bits per heavy atom. The van der Waals surface area contributed by atoms with Crippen LogP contribution in [-0.2, 0) is 12.8 Å². The van der Waals surface area contributed by atoms with Crippen molar-refractivity contribution in [2.75, 3.05) is 0 Å². The van der Waals surface area contributed by atoms with Gasteiger partial charge in [0.2, 0.25) is 0 Å². The highest BCUT2D eigenvalue weighted by atomic mass is 16.3. The zero-order valence-corrected chi connectivity index (χ0v) is 11.4. The molecule has 102 valence electrons. The van der Waals surface area contributed by atoms with E-state index in [1.165, 1.54) is 11.8 Å². The van der Waals surface area contributed by atoms with E-state index in [1.807, 2.05) is 18.2 Å². The molecule has 2 aromatic rings. The van der Waals surface area contributed by atoms with Crippen LogP contribution in [0.3, 0.4) is 0 Å². The fraction of sp³-hybridized carbons (Fsp3) is 0.294. The summed E-state index contributed by atoms with van der Waals surface area (Å²) < 4.78 is 0. The molecule has 0 amide bonds. The topological polar surface area (TPSA) is 50.2 Å². The third-order valence-corrected chi connectivity index (χ3v) is 4.06. The molecule has 0 spiro atoms.